The first kappa shape index (κ1) is 13.0. The van der Waals surface area contributed by atoms with Crippen molar-refractivity contribution in [1.82, 2.24) is 0 Å². The Balaban J connectivity index is 3.24. The first-order chi connectivity index (χ1) is 7.93. The third kappa shape index (κ3) is 2.56. The van der Waals surface area contributed by atoms with Crippen molar-refractivity contribution >= 4 is 5.97 Å². The second-order valence-corrected chi connectivity index (χ2v) is 3.10. The van der Waals surface area contributed by atoms with Gasteiger partial charge in [0.15, 0.2) is 0 Å². The predicted molar refractivity (Wildman–Crippen MR) is 51.6 cm³/mol. The minimum atomic E-state index is -3.96. The lowest BCUT2D eigenvalue weighted by Gasteiger charge is -2.15. The maximum atomic E-state index is 13.6. The summed E-state index contributed by atoms with van der Waals surface area (Å²) in [6, 6.07) is 3.51. The van der Waals surface area contributed by atoms with Crippen molar-refractivity contribution in [3.63, 3.8) is 0 Å². The molecule has 1 aromatic rings. The zero-order valence-corrected chi connectivity index (χ0v) is 8.84. The van der Waals surface area contributed by atoms with Crippen molar-refractivity contribution in [2.24, 2.45) is 0 Å². The fourth-order valence-electron chi connectivity index (χ4n) is 1.21. The van der Waals surface area contributed by atoms with Gasteiger partial charge in [-0.25, -0.2) is 9.18 Å². The number of hydrogen-bond donors (Lipinski definition) is 0. The smallest absolute Gasteiger partial charge is 0.382 e. The molecule has 0 radical (unpaired) electrons. The quantitative estimate of drug-likeness (QED) is 0.765. The van der Waals surface area contributed by atoms with E-state index in [1.807, 2.05) is 0 Å². The Hall–Kier alpha value is -2.03. The molecule has 1 aromatic carbocycles. The Morgan fingerprint density at radius 2 is 2.18 bits per heavy atom. The maximum Gasteiger partial charge on any atom is 0.382 e. The molecule has 0 saturated heterocycles. The summed E-state index contributed by atoms with van der Waals surface area (Å²) in [5.41, 5.74) is -1.46. The number of nitriles is 1. The molecule has 0 aliphatic rings. The van der Waals surface area contributed by atoms with Gasteiger partial charge in [-0.05, 0) is 25.1 Å². The van der Waals surface area contributed by atoms with Crippen molar-refractivity contribution < 1.29 is 22.7 Å². The number of hydrogen-bond acceptors (Lipinski definition) is 3. The highest BCUT2D eigenvalue weighted by molar-refractivity contribution is 5.80. The van der Waals surface area contributed by atoms with Gasteiger partial charge in [0, 0.05) is 0 Å². The van der Waals surface area contributed by atoms with E-state index in [9.17, 15) is 18.0 Å². The highest BCUT2D eigenvalue weighted by atomic mass is 19.3. The Labute approximate surface area is 95.4 Å². The molecule has 6 heteroatoms. The average Bonchev–Trinajstić information content (AvgIpc) is 2.28. The number of rotatable bonds is 3. The molecule has 0 N–H and O–H groups in total. The van der Waals surface area contributed by atoms with Gasteiger partial charge in [0.2, 0.25) is 0 Å². The predicted octanol–water partition coefficient (Wildman–Crippen LogP) is 2.35. The average molecular weight is 243 g/mol. The summed E-state index contributed by atoms with van der Waals surface area (Å²) in [5, 5.41) is 8.62. The van der Waals surface area contributed by atoms with Crippen LogP contribution in [0.25, 0.3) is 0 Å². The Bertz CT molecular complexity index is 480. The molecule has 0 aromatic heterocycles. The number of alkyl halides is 2. The van der Waals surface area contributed by atoms with Crippen LogP contribution < -0.4 is 0 Å². The lowest BCUT2D eigenvalue weighted by molar-refractivity contribution is -0.173. The molecule has 0 heterocycles. The molecule has 0 aliphatic heterocycles. The highest BCUT2D eigenvalue weighted by Gasteiger charge is 2.44. The third-order valence-corrected chi connectivity index (χ3v) is 1.97. The zero-order chi connectivity index (χ0) is 13.1. The van der Waals surface area contributed by atoms with Crippen LogP contribution in [-0.4, -0.2) is 12.6 Å². The fourth-order valence-corrected chi connectivity index (χ4v) is 1.21. The van der Waals surface area contributed by atoms with E-state index in [1.54, 1.807) is 0 Å². The van der Waals surface area contributed by atoms with Crippen LogP contribution in [0.5, 0.6) is 0 Å². The van der Waals surface area contributed by atoms with Gasteiger partial charge in [0.05, 0.1) is 23.8 Å². The lowest BCUT2D eigenvalue weighted by Crippen LogP contribution is -2.29. The number of carbonyl (C=O) groups is 1. The molecule has 0 amide bonds. The molecule has 0 saturated carbocycles. The summed E-state index contributed by atoms with van der Waals surface area (Å²) in [4.78, 5) is 11.0. The number of esters is 1. The van der Waals surface area contributed by atoms with E-state index in [1.165, 1.54) is 13.0 Å². The molecule has 0 fully saturated rings. The molecule has 0 unspecified atom stereocenters. The monoisotopic (exact) mass is 243 g/mol. The van der Waals surface area contributed by atoms with Crippen LogP contribution in [0.2, 0.25) is 0 Å². The molecular formula is C11H8F3NO2. The first-order valence-electron chi connectivity index (χ1n) is 4.68. The van der Waals surface area contributed by atoms with Gasteiger partial charge >= 0.3 is 11.9 Å². The van der Waals surface area contributed by atoms with Crippen LogP contribution in [-0.2, 0) is 15.5 Å². The molecular weight excluding hydrogens is 235 g/mol. The van der Waals surface area contributed by atoms with Crippen molar-refractivity contribution in [3.05, 3.63) is 35.1 Å². The molecule has 90 valence electrons. The summed E-state index contributed by atoms with van der Waals surface area (Å²) in [5.74, 6) is -6.55. The summed E-state index contributed by atoms with van der Waals surface area (Å²) < 4.78 is 44.1. The van der Waals surface area contributed by atoms with Gasteiger partial charge < -0.3 is 4.74 Å². The molecule has 1 rings (SSSR count). The maximum absolute atomic E-state index is 13.6. The van der Waals surface area contributed by atoms with Gasteiger partial charge in [-0.15, -0.1) is 0 Å². The van der Waals surface area contributed by atoms with Crippen LogP contribution in [0, 0.1) is 17.1 Å². The second kappa shape index (κ2) is 4.87. The van der Waals surface area contributed by atoms with Gasteiger partial charge in [-0.2, -0.15) is 14.0 Å². The van der Waals surface area contributed by atoms with Crippen LogP contribution in [0.1, 0.15) is 18.1 Å². The Morgan fingerprint density at radius 3 is 2.71 bits per heavy atom. The third-order valence-electron chi connectivity index (χ3n) is 1.97. The Kier molecular flexibility index (Phi) is 3.73. The van der Waals surface area contributed by atoms with E-state index in [-0.39, 0.29) is 6.61 Å². The van der Waals surface area contributed by atoms with Crippen molar-refractivity contribution in [2.75, 3.05) is 6.61 Å². The van der Waals surface area contributed by atoms with Crippen molar-refractivity contribution in [3.8, 4) is 6.07 Å². The molecule has 3 nitrogen and oxygen atoms in total. The summed E-state index contributed by atoms with van der Waals surface area (Å²) in [6.07, 6.45) is 0. The largest absolute Gasteiger partial charge is 0.461 e. The minimum absolute atomic E-state index is 0.211. The van der Waals surface area contributed by atoms with E-state index >= 15 is 0 Å². The summed E-state index contributed by atoms with van der Waals surface area (Å²) >= 11 is 0. The van der Waals surface area contributed by atoms with E-state index in [0.717, 1.165) is 6.07 Å². The van der Waals surface area contributed by atoms with Crippen LogP contribution in [0.4, 0.5) is 13.2 Å². The van der Waals surface area contributed by atoms with Crippen LogP contribution >= 0.6 is 0 Å². The van der Waals surface area contributed by atoms with Crippen molar-refractivity contribution in [2.45, 2.75) is 12.8 Å². The normalized spacial score (nSPS) is 10.8. The van der Waals surface area contributed by atoms with Crippen LogP contribution in [0.15, 0.2) is 18.2 Å². The molecule has 0 atom stereocenters. The lowest BCUT2D eigenvalue weighted by atomic mass is 10.0. The van der Waals surface area contributed by atoms with Gasteiger partial charge in [0.25, 0.3) is 0 Å². The highest BCUT2D eigenvalue weighted by Crippen LogP contribution is 2.32. The molecule has 17 heavy (non-hydrogen) atoms. The van der Waals surface area contributed by atoms with E-state index < -0.39 is 28.8 Å². The number of halogens is 3. The number of ether oxygens (including phenoxy) is 1. The second-order valence-electron chi connectivity index (χ2n) is 3.10. The molecule has 0 bridgehead atoms. The van der Waals surface area contributed by atoms with E-state index in [0.29, 0.717) is 12.1 Å². The van der Waals surface area contributed by atoms with Crippen molar-refractivity contribution in [1.29, 1.82) is 5.26 Å². The standard InChI is InChI=1S/C11H8F3NO2/c1-2-17-10(16)11(13,14)9-4-3-8(12)5-7(9)6-15/h3-5H,2H2,1H3. The van der Waals surface area contributed by atoms with E-state index in [2.05, 4.69) is 4.74 Å². The minimum Gasteiger partial charge on any atom is -0.461 e. The summed E-state index contributed by atoms with van der Waals surface area (Å²) in [7, 11) is 0. The van der Waals surface area contributed by atoms with Crippen LogP contribution in [0.3, 0.4) is 0 Å². The fraction of sp³-hybridized carbons (Fsp3) is 0.273. The molecule has 0 aliphatic carbocycles. The zero-order valence-electron chi connectivity index (χ0n) is 8.84. The van der Waals surface area contributed by atoms with Gasteiger partial charge in [0.1, 0.15) is 5.82 Å². The van der Waals surface area contributed by atoms with Gasteiger partial charge in [-0.3, -0.25) is 0 Å². The topological polar surface area (TPSA) is 50.1 Å². The number of nitrogens with zero attached hydrogens (tertiary/aromatic N) is 1. The number of carbonyl (C=O) groups excluding carboxylic acids is 1. The number of benzene rings is 1. The SMILES string of the molecule is CCOC(=O)C(F)(F)c1ccc(F)cc1C#N. The van der Waals surface area contributed by atoms with Gasteiger partial charge in [-0.1, -0.05) is 0 Å². The van der Waals surface area contributed by atoms with E-state index in [4.69, 9.17) is 5.26 Å². The Morgan fingerprint density at radius 1 is 1.53 bits per heavy atom. The first-order valence-corrected chi connectivity index (χ1v) is 4.68. The molecule has 0 spiro atoms. The summed E-state index contributed by atoms with van der Waals surface area (Å²) in [6.45, 7) is 1.17.